The summed E-state index contributed by atoms with van der Waals surface area (Å²) in [4.78, 5) is 63.9. The van der Waals surface area contributed by atoms with Crippen molar-refractivity contribution in [1.82, 2.24) is 30.2 Å². The summed E-state index contributed by atoms with van der Waals surface area (Å²) in [5.74, 6) is -4.33. The van der Waals surface area contributed by atoms with E-state index < -0.39 is 98.4 Å². The Morgan fingerprint density at radius 2 is 1.86 bits per heavy atom. The van der Waals surface area contributed by atoms with Crippen molar-refractivity contribution in [2.75, 3.05) is 6.54 Å². The van der Waals surface area contributed by atoms with Crippen LogP contribution in [0, 0.1) is 17.8 Å². The van der Waals surface area contributed by atoms with Crippen LogP contribution in [0.5, 0.6) is 11.6 Å². The molecule has 4 N–H and O–H groups in total. The highest BCUT2D eigenvalue weighted by Gasteiger charge is 2.63. The lowest BCUT2D eigenvalue weighted by Gasteiger charge is -2.33. The van der Waals surface area contributed by atoms with Crippen molar-refractivity contribution >= 4 is 44.9 Å². The quantitative estimate of drug-likeness (QED) is 0.255. The van der Waals surface area contributed by atoms with E-state index in [0.29, 0.717) is 44.3 Å². The maximum Gasteiger partial charge on any atom is 0.438 e. The molecule has 1 aromatic carbocycles. The third kappa shape index (κ3) is 8.92. The molecule has 312 valence electrons. The first-order valence-electron chi connectivity index (χ1n) is 19.2. The summed E-state index contributed by atoms with van der Waals surface area (Å²) in [7, 11) is -4.11. The van der Waals surface area contributed by atoms with Gasteiger partial charge in [-0.1, -0.05) is 32.4 Å². The molecule has 2 aromatic rings. The van der Waals surface area contributed by atoms with Crippen LogP contribution < -0.4 is 24.8 Å². The molecular weight excluding hydrogens is 774 g/mol. The molecule has 2 saturated carbocycles. The number of allylic oxidation sites excluding steroid dienone is 1. The Kier molecular flexibility index (Phi) is 11.5. The van der Waals surface area contributed by atoms with E-state index in [1.165, 1.54) is 25.1 Å². The third-order valence-corrected chi connectivity index (χ3v) is 13.6. The minimum atomic E-state index is -5.02. The van der Waals surface area contributed by atoms with Crippen molar-refractivity contribution in [2.45, 2.75) is 127 Å². The van der Waals surface area contributed by atoms with Crippen LogP contribution in [-0.2, 0) is 30.6 Å². The molecule has 3 fully saturated rings. The van der Waals surface area contributed by atoms with Gasteiger partial charge in [-0.25, -0.2) is 23.2 Å². The van der Waals surface area contributed by atoms with Crippen LogP contribution in [-0.4, -0.2) is 93.3 Å². The highest BCUT2D eigenvalue weighted by Crippen LogP contribution is 2.48. The number of carboxylic acid groups (broad SMARTS) is 1. The van der Waals surface area contributed by atoms with Crippen LogP contribution in [0.1, 0.15) is 91.7 Å². The number of hydrogen-bond acceptors (Lipinski definition) is 10. The number of alkyl halides is 3. The lowest BCUT2D eigenvalue weighted by molar-refractivity contribution is -0.143. The molecule has 1 saturated heterocycles. The van der Waals surface area contributed by atoms with Gasteiger partial charge in [0, 0.05) is 18.4 Å². The molecule has 0 bridgehead atoms. The summed E-state index contributed by atoms with van der Waals surface area (Å²) in [6.07, 6.45) is -2.04. The number of carbonyl (C=O) groups excluding carboxylic acids is 3. The fourth-order valence-electron chi connectivity index (χ4n) is 7.74. The maximum atomic E-state index is 14.5. The standard InChI is InChI=1S/C38H49F3N6O9S/c1-6-22-15-21(4)9-7-8-10-23-18-37(23,34(50)46-57(53,54)36(5)13-14-36)45-31(48)28-17-25(19-47(28)33(49)29(22)44-35(51)52)56-32-30(38(39,40)41)42-26-12-11-24(55-20(2)3)16-27(26)43-32/h8,10-12,16,20-23,25,28-29,44H,6-7,9,13-15,17-19H2,1-5H3,(H,45,48)(H,46,50)(H,51,52)/b10-8-/t21-,22-,23?,25-,28+,29+,37?/m1/s1. The molecule has 1 aromatic heterocycles. The number of nitrogens with one attached hydrogen (secondary N) is 3. The number of ether oxygens (including phenoxy) is 2. The van der Waals surface area contributed by atoms with Crippen LogP contribution in [0.4, 0.5) is 18.0 Å². The maximum absolute atomic E-state index is 14.5. The van der Waals surface area contributed by atoms with E-state index in [2.05, 4.69) is 25.3 Å². The van der Waals surface area contributed by atoms with Crippen molar-refractivity contribution in [2.24, 2.45) is 17.8 Å². The molecular formula is C38H49F3N6O9S. The van der Waals surface area contributed by atoms with Crippen LogP contribution in [0.2, 0.25) is 0 Å². The zero-order valence-corrected chi connectivity index (χ0v) is 33.2. The Labute approximate surface area is 328 Å². The van der Waals surface area contributed by atoms with Gasteiger partial charge in [0.05, 0.1) is 28.4 Å². The topological polar surface area (TPSA) is 206 Å². The number of amides is 4. The normalized spacial score (nSPS) is 29.6. The van der Waals surface area contributed by atoms with E-state index in [1.807, 2.05) is 13.0 Å². The Morgan fingerprint density at radius 3 is 2.49 bits per heavy atom. The molecule has 6 rings (SSSR count). The number of sulfonamides is 1. The summed E-state index contributed by atoms with van der Waals surface area (Å²) < 4.78 is 82.2. The number of halogens is 3. The minimum Gasteiger partial charge on any atom is -0.491 e. The van der Waals surface area contributed by atoms with Crippen molar-refractivity contribution in [3.8, 4) is 11.6 Å². The molecule has 19 heteroatoms. The smallest absolute Gasteiger partial charge is 0.438 e. The van der Waals surface area contributed by atoms with Crippen LogP contribution in [0.25, 0.3) is 11.0 Å². The van der Waals surface area contributed by atoms with Crippen molar-refractivity contribution in [3.63, 3.8) is 0 Å². The molecule has 2 aliphatic carbocycles. The number of rotatable bonds is 9. The molecule has 4 aliphatic rings. The van der Waals surface area contributed by atoms with Crippen LogP contribution >= 0.6 is 0 Å². The van der Waals surface area contributed by atoms with Crippen LogP contribution in [0.3, 0.4) is 0 Å². The number of carbonyl (C=O) groups is 4. The minimum absolute atomic E-state index is 0.0104. The van der Waals surface area contributed by atoms with Gasteiger partial charge in [0.15, 0.2) is 0 Å². The molecule has 15 nitrogen and oxygen atoms in total. The Morgan fingerprint density at radius 1 is 1.14 bits per heavy atom. The van der Waals surface area contributed by atoms with E-state index in [4.69, 9.17) is 9.47 Å². The van der Waals surface area contributed by atoms with Gasteiger partial charge in [-0.05, 0) is 83.3 Å². The average molecular weight is 823 g/mol. The van der Waals surface area contributed by atoms with Gasteiger partial charge in [0.1, 0.15) is 29.5 Å². The summed E-state index contributed by atoms with van der Waals surface area (Å²) in [5, 5.41) is 14.9. The number of aromatic nitrogens is 2. The second-order valence-corrected chi connectivity index (χ2v) is 18.5. The van der Waals surface area contributed by atoms with Crippen molar-refractivity contribution < 1.29 is 55.3 Å². The van der Waals surface area contributed by atoms with E-state index in [-0.39, 0.29) is 35.9 Å². The molecule has 2 unspecified atom stereocenters. The summed E-state index contributed by atoms with van der Waals surface area (Å²) in [6, 6.07) is 1.39. The first kappa shape index (κ1) is 41.9. The van der Waals surface area contributed by atoms with Gasteiger partial charge in [-0.2, -0.15) is 13.2 Å². The average Bonchev–Trinajstić information content (AvgIpc) is 4.00. The predicted octanol–water partition coefficient (Wildman–Crippen LogP) is 4.70. The van der Waals surface area contributed by atoms with E-state index in [9.17, 15) is 45.9 Å². The summed E-state index contributed by atoms with van der Waals surface area (Å²) in [5.41, 5.74) is -3.21. The van der Waals surface area contributed by atoms with Crippen LogP contribution in [0.15, 0.2) is 30.4 Å². The largest absolute Gasteiger partial charge is 0.491 e. The van der Waals surface area contributed by atoms with E-state index >= 15 is 0 Å². The second-order valence-electron chi connectivity index (χ2n) is 16.3. The number of benzene rings is 1. The first-order valence-corrected chi connectivity index (χ1v) is 20.7. The number of hydrogen-bond donors (Lipinski definition) is 4. The number of nitrogens with zero attached hydrogens (tertiary/aromatic N) is 3. The SMILES string of the molecule is CC[C@@H]1C[C@H](C)CC/C=C\C2CC2(C(=O)NS(=O)(=O)C2(C)CC2)NC(=O)[C@@H]2C[C@@H](Oc3nc4cc(OC(C)C)ccc4nc3C(F)(F)F)CN2C(=O)[C@H]1NC(=O)O. The molecule has 0 radical (unpaired) electrons. The third-order valence-electron chi connectivity index (χ3n) is 11.4. The van der Waals surface area contributed by atoms with Gasteiger partial charge in [-0.3, -0.25) is 19.1 Å². The molecule has 4 amide bonds. The van der Waals surface area contributed by atoms with E-state index in [0.717, 1.165) is 4.90 Å². The first-order chi connectivity index (χ1) is 26.7. The van der Waals surface area contributed by atoms with Crippen molar-refractivity contribution in [1.29, 1.82) is 0 Å². The van der Waals surface area contributed by atoms with E-state index in [1.54, 1.807) is 26.8 Å². The Hall–Kier alpha value is -4.68. The molecule has 0 spiro atoms. The highest BCUT2D eigenvalue weighted by molar-refractivity contribution is 7.91. The highest BCUT2D eigenvalue weighted by atomic mass is 32.2. The second kappa shape index (κ2) is 15.6. The fourth-order valence-corrected chi connectivity index (χ4v) is 9.05. The van der Waals surface area contributed by atoms with Crippen molar-refractivity contribution in [3.05, 3.63) is 36.0 Å². The van der Waals surface area contributed by atoms with Gasteiger partial charge < -0.3 is 30.1 Å². The summed E-state index contributed by atoms with van der Waals surface area (Å²) >= 11 is 0. The lowest BCUT2D eigenvalue weighted by atomic mass is 9.85. The monoisotopic (exact) mass is 822 g/mol. The van der Waals surface area contributed by atoms with Gasteiger partial charge in [-0.15, -0.1) is 0 Å². The molecule has 57 heavy (non-hydrogen) atoms. The van der Waals surface area contributed by atoms with Gasteiger partial charge in [0.2, 0.25) is 33.4 Å². The molecule has 7 atom stereocenters. The van der Waals surface area contributed by atoms with Gasteiger partial charge in [0.25, 0.3) is 5.91 Å². The molecule has 3 heterocycles. The lowest BCUT2D eigenvalue weighted by Crippen LogP contribution is -2.59. The fraction of sp³-hybridized carbons (Fsp3) is 0.632. The zero-order chi connectivity index (χ0) is 41.7. The number of fused-ring (bicyclic) bond motifs is 3. The molecule has 2 aliphatic heterocycles. The van der Waals surface area contributed by atoms with Gasteiger partial charge >= 0.3 is 12.3 Å². The Balaban J connectivity index is 1.38. The zero-order valence-electron chi connectivity index (χ0n) is 32.4. The predicted molar refractivity (Wildman–Crippen MR) is 199 cm³/mol. The Bertz CT molecular complexity index is 2060. The summed E-state index contributed by atoms with van der Waals surface area (Å²) in [6.45, 7) is 8.37.